The number of hydrogen-bond donors (Lipinski definition) is 1. The van der Waals surface area contributed by atoms with Crippen molar-refractivity contribution in [1.29, 1.82) is 0 Å². The first kappa shape index (κ1) is 16.2. The number of benzene rings is 1. The number of aromatic nitrogens is 2. The molecular formula is C11H7BrF4N4O2. The van der Waals surface area contributed by atoms with E-state index in [1.807, 2.05) is 0 Å². The molecule has 0 saturated heterocycles. The Hall–Kier alpha value is -2.17. The molecule has 0 amide bonds. The highest BCUT2D eigenvalue weighted by atomic mass is 79.9. The fourth-order valence-corrected chi connectivity index (χ4v) is 1.70. The van der Waals surface area contributed by atoms with Crippen molar-refractivity contribution in [3.63, 3.8) is 0 Å². The third kappa shape index (κ3) is 4.16. The van der Waals surface area contributed by atoms with E-state index in [-0.39, 0.29) is 21.7 Å². The molecule has 0 aliphatic carbocycles. The topological polar surface area (TPSA) is 86.5 Å². The molecule has 0 aliphatic rings. The van der Waals surface area contributed by atoms with Gasteiger partial charge in [-0.05, 0) is 44.4 Å². The number of alkyl halides is 3. The van der Waals surface area contributed by atoms with Crippen LogP contribution in [-0.4, -0.2) is 28.9 Å². The summed E-state index contributed by atoms with van der Waals surface area (Å²) in [6, 6.07) is 3.78. The van der Waals surface area contributed by atoms with Gasteiger partial charge < -0.3 is 10.5 Å². The van der Waals surface area contributed by atoms with Gasteiger partial charge in [-0.15, -0.1) is 0 Å². The second kappa shape index (κ2) is 6.30. The molecule has 2 rings (SSSR count). The Balaban J connectivity index is 2.22. The number of hydrogen-bond acceptors (Lipinski definition) is 5. The predicted molar refractivity (Wildman–Crippen MR) is 70.3 cm³/mol. The predicted octanol–water partition coefficient (Wildman–Crippen LogP) is 2.95. The van der Waals surface area contributed by atoms with E-state index in [0.29, 0.717) is 0 Å². The molecule has 2 aromatic rings. The third-order valence-corrected chi connectivity index (χ3v) is 2.83. The Kier molecular flexibility index (Phi) is 4.64. The zero-order valence-electron chi connectivity index (χ0n) is 10.6. The largest absolute Gasteiger partial charge is 0.464 e. The van der Waals surface area contributed by atoms with Gasteiger partial charge in [0.15, 0.2) is 12.4 Å². The number of ether oxygens (including phenoxy) is 1. The molecule has 0 spiro atoms. The van der Waals surface area contributed by atoms with Gasteiger partial charge in [0.05, 0.1) is 10.2 Å². The second-order valence-corrected chi connectivity index (χ2v) is 4.77. The molecule has 0 unspecified atom stereocenters. The van der Waals surface area contributed by atoms with E-state index < -0.39 is 24.5 Å². The molecule has 0 aliphatic heterocycles. The molecule has 0 fully saturated rings. The lowest BCUT2D eigenvalue weighted by atomic mass is 10.3. The number of nitrogens with two attached hydrogens (primary N) is 1. The highest BCUT2D eigenvalue weighted by molar-refractivity contribution is 9.10. The van der Waals surface area contributed by atoms with Crippen molar-refractivity contribution in [3.05, 3.63) is 34.2 Å². The van der Waals surface area contributed by atoms with E-state index >= 15 is 0 Å². The summed E-state index contributed by atoms with van der Waals surface area (Å²) in [6.07, 6.45) is -4.55. The average molecular weight is 383 g/mol. The van der Waals surface area contributed by atoms with E-state index in [9.17, 15) is 17.6 Å². The minimum Gasteiger partial charge on any atom is -0.464 e. The minimum absolute atomic E-state index is 0.147. The van der Waals surface area contributed by atoms with Gasteiger partial charge >= 0.3 is 6.18 Å². The van der Waals surface area contributed by atoms with Crippen LogP contribution < -0.4 is 10.5 Å². The van der Waals surface area contributed by atoms with Crippen LogP contribution >= 0.6 is 15.9 Å². The first-order valence-electron chi connectivity index (χ1n) is 5.58. The Morgan fingerprint density at radius 3 is 2.73 bits per heavy atom. The van der Waals surface area contributed by atoms with Crippen LogP contribution in [0.15, 0.2) is 32.3 Å². The molecule has 118 valence electrons. The standard InChI is InChI=1S/C11H7BrF4N4O2/c12-6-3-5(1-2-7(6)13)18-9(17)8-10(20-22-19-8)21-4-11(14,15)16/h1-3H,4H2,(H2,17,18). The fraction of sp³-hybridized carbons (Fsp3) is 0.182. The first-order chi connectivity index (χ1) is 10.3. The molecule has 0 atom stereocenters. The number of amidine groups is 1. The van der Waals surface area contributed by atoms with Gasteiger partial charge in [-0.25, -0.2) is 14.0 Å². The summed E-state index contributed by atoms with van der Waals surface area (Å²) in [6.45, 7) is -1.58. The SMILES string of the molecule is NC(=Nc1ccc(F)c(Br)c1)c1nonc1OCC(F)(F)F. The minimum atomic E-state index is -4.55. The quantitative estimate of drug-likeness (QED) is 0.499. The highest BCUT2D eigenvalue weighted by Crippen LogP contribution is 2.24. The van der Waals surface area contributed by atoms with Gasteiger partial charge in [0, 0.05) is 0 Å². The number of nitrogens with zero attached hydrogens (tertiary/aromatic N) is 3. The van der Waals surface area contributed by atoms with Crippen molar-refractivity contribution in [3.8, 4) is 5.88 Å². The van der Waals surface area contributed by atoms with Gasteiger partial charge in [0.1, 0.15) is 5.82 Å². The van der Waals surface area contributed by atoms with Gasteiger partial charge in [-0.3, -0.25) is 0 Å². The number of rotatable bonds is 4. The monoisotopic (exact) mass is 382 g/mol. The van der Waals surface area contributed by atoms with Crippen LogP contribution in [0.2, 0.25) is 0 Å². The normalized spacial score (nSPS) is 12.5. The molecule has 1 aromatic heterocycles. The molecular weight excluding hydrogens is 376 g/mol. The van der Waals surface area contributed by atoms with Crippen molar-refractivity contribution in [1.82, 2.24) is 10.3 Å². The molecule has 0 bridgehead atoms. The summed E-state index contributed by atoms with van der Waals surface area (Å²) in [7, 11) is 0. The smallest absolute Gasteiger partial charge is 0.422 e. The molecule has 0 saturated carbocycles. The van der Waals surface area contributed by atoms with Gasteiger partial charge in [0.25, 0.3) is 5.88 Å². The second-order valence-electron chi connectivity index (χ2n) is 3.92. The van der Waals surface area contributed by atoms with Crippen LogP contribution in [0.4, 0.5) is 23.2 Å². The Morgan fingerprint density at radius 1 is 1.36 bits per heavy atom. The van der Waals surface area contributed by atoms with Crippen molar-refractivity contribution in [2.75, 3.05) is 6.61 Å². The van der Waals surface area contributed by atoms with Crippen LogP contribution in [0.25, 0.3) is 0 Å². The maximum atomic E-state index is 13.1. The molecule has 6 nitrogen and oxygen atoms in total. The zero-order valence-corrected chi connectivity index (χ0v) is 12.2. The van der Waals surface area contributed by atoms with Crippen LogP contribution in [0.1, 0.15) is 5.69 Å². The van der Waals surface area contributed by atoms with Gasteiger partial charge in [0.2, 0.25) is 5.69 Å². The lowest BCUT2D eigenvalue weighted by molar-refractivity contribution is -0.154. The summed E-state index contributed by atoms with van der Waals surface area (Å²) >= 11 is 2.96. The van der Waals surface area contributed by atoms with E-state index in [1.165, 1.54) is 12.1 Å². The molecule has 2 N–H and O–H groups in total. The van der Waals surface area contributed by atoms with Crippen LogP contribution in [-0.2, 0) is 0 Å². The Labute approximate surface area is 129 Å². The zero-order chi connectivity index (χ0) is 16.3. The average Bonchev–Trinajstić information content (AvgIpc) is 2.88. The summed E-state index contributed by atoms with van der Waals surface area (Å²) in [5.41, 5.74) is 5.58. The summed E-state index contributed by atoms with van der Waals surface area (Å²) in [5.74, 6) is -1.34. The molecule has 0 radical (unpaired) electrons. The fourth-order valence-electron chi connectivity index (χ4n) is 1.33. The first-order valence-corrected chi connectivity index (χ1v) is 6.37. The van der Waals surface area contributed by atoms with E-state index in [0.717, 1.165) is 6.07 Å². The maximum Gasteiger partial charge on any atom is 0.422 e. The summed E-state index contributed by atoms with van der Waals surface area (Å²) < 4.78 is 58.3. The highest BCUT2D eigenvalue weighted by Gasteiger charge is 2.30. The Morgan fingerprint density at radius 2 is 2.09 bits per heavy atom. The Bertz CT molecular complexity index is 702. The molecule has 22 heavy (non-hydrogen) atoms. The van der Waals surface area contributed by atoms with Crippen molar-refractivity contribution in [2.45, 2.75) is 6.18 Å². The van der Waals surface area contributed by atoms with E-state index in [1.54, 1.807) is 0 Å². The summed E-state index contributed by atoms with van der Waals surface area (Å²) in [4.78, 5) is 3.88. The lowest BCUT2D eigenvalue weighted by Gasteiger charge is -2.06. The van der Waals surface area contributed by atoms with Crippen LogP contribution in [0.3, 0.4) is 0 Å². The van der Waals surface area contributed by atoms with E-state index in [4.69, 9.17) is 5.73 Å². The lowest BCUT2D eigenvalue weighted by Crippen LogP contribution is -2.21. The summed E-state index contributed by atoms with van der Waals surface area (Å²) in [5, 5.41) is 6.51. The third-order valence-electron chi connectivity index (χ3n) is 2.23. The molecule has 1 aromatic carbocycles. The van der Waals surface area contributed by atoms with Crippen LogP contribution in [0.5, 0.6) is 5.88 Å². The van der Waals surface area contributed by atoms with Gasteiger partial charge in [-0.1, -0.05) is 0 Å². The molecule has 1 heterocycles. The van der Waals surface area contributed by atoms with Gasteiger partial charge in [-0.2, -0.15) is 13.2 Å². The molecule has 11 heteroatoms. The maximum absolute atomic E-state index is 13.1. The van der Waals surface area contributed by atoms with E-state index in [2.05, 4.69) is 40.6 Å². The van der Waals surface area contributed by atoms with Crippen molar-refractivity contribution < 1.29 is 26.9 Å². The van der Waals surface area contributed by atoms with Crippen molar-refractivity contribution >= 4 is 27.5 Å². The van der Waals surface area contributed by atoms with Crippen LogP contribution in [0, 0.1) is 5.82 Å². The van der Waals surface area contributed by atoms with Crippen molar-refractivity contribution in [2.24, 2.45) is 10.7 Å². The number of aliphatic imine (C=N–C) groups is 1. The number of halogens is 5.